The van der Waals surface area contributed by atoms with Gasteiger partial charge >= 0.3 is 0 Å². The third-order valence-corrected chi connectivity index (χ3v) is 2.65. The number of rotatable bonds is 1. The fourth-order valence-electron chi connectivity index (χ4n) is 1.10. The van der Waals surface area contributed by atoms with E-state index in [1.807, 2.05) is 12.3 Å². The van der Waals surface area contributed by atoms with E-state index in [1.165, 1.54) is 0 Å². The first kappa shape index (κ1) is 7.95. The van der Waals surface area contributed by atoms with E-state index in [-0.39, 0.29) is 0 Å². The zero-order valence-electron chi connectivity index (χ0n) is 6.47. The van der Waals surface area contributed by atoms with Crippen LogP contribution < -0.4 is 0 Å². The van der Waals surface area contributed by atoms with Crippen molar-refractivity contribution in [3.8, 4) is 0 Å². The van der Waals surface area contributed by atoms with Gasteiger partial charge in [-0.3, -0.25) is 4.98 Å². The highest BCUT2D eigenvalue weighted by atomic mass is 35.5. The van der Waals surface area contributed by atoms with Crippen molar-refractivity contribution in [1.82, 2.24) is 9.97 Å². The van der Waals surface area contributed by atoms with Crippen LogP contribution in [0.3, 0.4) is 0 Å². The van der Waals surface area contributed by atoms with E-state index in [9.17, 15) is 0 Å². The third kappa shape index (κ3) is 1.19. The summed E-state index contributed by atoms with van der Waals surface area (Å²) in [5, 5.41) is 2.85. The number of H-pyrrole nitrogens is 1. The Morgan fingerprint density at radius 3 is 3.00 bits per heavy atom. The molecule has 62 valence electrons. The quantitative estimate of drug-likeness (QED) is 0.714. The van der Waals surface area contributed by atoms with E-state index in [4.69, 9.17) is 11.6 Å². The Kier molecular flexibility index (Phi) is 1.98. The van der Waals surface area contributed by atoms with Crippen LogP contribution in [0.25, 0.3) is 10.9 Å². The van der Waals surface area contributed by atoms with Crippen LogP contribution in [0.4, 0.5) is 0 Å². The predicted octanol–water partition coefficient (Wildman–Crippen LogP) is 2.94. The third-order valence-electron chi connectivity index (χ3n) is 1.69. The van der Waals surface area contributed by atoms with Crippen LogP contribution in [0.15, 0.2) is 23.5 Å². The van der Waals surface area contributed by atoms with Crippen LogP contribution in [-0.4, -0.2) is 16.2 Å². The molecule has 0 radical (unpaired) electrons. The molecule has 2 heterocycles. The Bertz CT molecular complexity index is 410. The molecule has 4 heteroatoms. The van der Waals surface area contributed by atoms with Crippen molar-refractivity contribution in [2.45, 2.75) is 5.03 Å². The van der Waals surface area contributed by atoms with Gasteiger partial charge in [-0.05, 0) is 12.3 Å². The van der Waals surface area contributed by atoms with E-state index < -0.39 is 0 Å². The van der Waals surface area contributed by atoms with Crippen LogP contribution in [-0.2, 0) is 0 Å². The fourth-order valence-corrected chi connectivity index (χ4v) is 1.76. The first-order valence-electron chi connectivity index (χ1n) is 3.47. The highest BCUT2D eigenvalue weighted by Gasteiger charge is 2.02. The molecule has 2 aromatic heterocycles. The van der Waals surface area contributed by atoms with Crippen molar-refractivity contribution in [1.29, 1.82) is 0 Å². The van der Waals surface area contributed by atoms with Gasteiger partial charge in [0.2, 0.25) is 0 Å². The van der Waals surface area contributed by atoms with Crippen LogP contribution >= 0.6 is 23.4 Å². The molecule has 0 aliphatic rings. The molecule has 2 nitrogen and oxygen atoms in total. The summed E-state index contributed by atoms with van der Waals surface area (Å²) in [5.74, 6) is 0. The smallest absolute Gasteiger partial charge is 0.0730 e. The van der Waals surface area contributed by atoms with Crippen molar-refractivity contribution in [2.75, 3.05) is 6.26 Å². The van der Waals surface area contributed by atoms with Crippen molar-refractivity contribution < 1.29 is 0 Å². The topological polar surface area (TPSA) is 28.7 Å². The number of hydrogen-bond donors (Lipinski definition) is 1. The van der Waals surface area contributed by atoms with E-state index in [1.54, 1.807) is 24.2 Å². The molecule has 0 aliphatic carbocycles. The molecule has 0 atom stereocenters. The molecule has 12 heavy (non-hydrogen) atoms. The minimum absolute atomic E-state index is 0.698. The number of hydrogen-bond acceptors (Lipinski definition) is 2. The molecule has 1 N–H and O–H groups in total. The maximum atomic E-state index is 5.94. The molecule has 0 saturated heterocycles. The summed E-state index contributed by atoms with van der Waals surface area (Å²) < 4.78 is 0. The maximum Gasteiger partial charge on any atom is 0.0730 e. The monoisotopic (exact) mass is 198 g/mol. The predicted molar refractivity (Wildman–Crippen MR) is 52.9 cm³/mol. The second kappa shape index (κ2) is 2.99. The van der Waals surface area contributed by atoms with E-state index in [0.717, 1.165) is 15.9 Å². The highest BCUT2D eigenvalue weighted by Crippen LogP contribution is 2.26. The Morgan fingerprint density at radius 1 is 1.50 bits per heavy atom. The van der Waals surface area contributed by atoms with E-state index in [2.05, 4.69) is 9.97 Å². The number of aromatic nitrogens is 2. The summed E-state index contributed by atoms with van der Waals surface area (Å²) in [7, 11) is 0. The standard InChI is InChI=1S/C8H7ClN2S/c1-12-8-2-5-6(9)3-10-4-7(5)11-8/h2-4,11H,1H3. The molecular formula is C8H7ClN2S. The number of fused-ring (bicyclic) bond motifs is 1. The molecule has 0 aromatic carbocycles. The average Bonchev–Trinajstić information content (AvgIpc) is 2.49. The molecule has 2 aromatic rings. The van der Waals surface area contributed by atoms with Crippen LogP contribution in [0.1, 0.15) is 0 Å². The van der Waals surface area contributed by atoms with Gasteiger partial charge in [0.05, 0.1) is 21.8 Å². The SMILES string of the molecule is CSc1cc2c(Cl)cncc2[nH]1. The van der Waals surface area contributed by atoms with Gasteiger partial charge in [0.15, 0.2) is 0 Å². The molecule has 0 aliphatic heterocycles. The Hall–Kier alpha value is -0.670. The highest BCUT2D eigenvalue weighted by molar-refractivity contribution is 7.98. The first-order valence-corrected chi connectivity index (χ1v) is 5.08. The van der Waals surface area contributed by atoms with Crippen molar-refractivity contribution >= 4 is 34.3 Å². The number of nitrogens with zero attached hydrogens (tertiary/aromatic N) is 1. The van der Waals surface area contributed by atoms with Gasteiger partial charge in [-0.1, -0.05) is 11.6 Å². The number of pyridine rings is 1. The lowest BCUT2D eigenvalue weighted by Gasteiger charge is -1.89. The molecule has 0 spiro atoms. The fraction of sp³-hybridized carbons (Fsp3) is 0.125. The average molecular weight is 199 g/mol. The molecule has 0 unspecified atom stereocenters. The first-order chi connectivity index (χ1) is 5.81. The lowest BCUT2D eigenvalue weighted by atomic mass is 10.3. The van der Waals surface area contributed by atoms with Gasteiger partial charge < -0.3 is 4.98 Å². The largest absolute Gasteiger partial charge is 0.348 e. The Labute approximate surface area is 79.3 Å². The van der Waals surface area contributed by atoms with Gasteiger partial charge in [0.1, 0.15) is 0 Å². The molecule has 0 fully saturated rings. The zero-order valence-corrected chi connectivity index (χ0v) is 8.04. The van der Waals surface area contributed by atoms with Crippen LogP contribution in [0.2, 0.25) is 5.02 Å². The maximum absolute atomic E-state index is 5.94. The Balaban J connectivity index is 2.74. The van der Waals surface area contributed by atoms with Crippen molar-refractivity contribution in [3.63, 3.8) is 0 Å². The molecular weight excluding hydrogens is 192 g/mol. The zero-order chi connectivity index (χ0) is 8.55. The molecule has 0 bridgehead atoms. The second-order valence-electron chi connectivity index (χ2n) is 2.42. The van der Waals surface area contributed by atoms with Gasteiger partial charge in [-0.25, -0.2) is 0 Å². The summed E-state index contributed by atoms with van der Waals surface area (Å²) in [4.78, 5) is 7.19. The van der Waals surface area contributed by atoms with E-state index >= 15 is 0 Å². The van der Waals surface area contributed by atoms with Crippen LogP contribution in [0, 0.1) is 0 Å². The van der Waals surface area contributed by atoms with Gasteiger partial charge in [0.25, 0.3) is 0 Å². The van der Waals surface area contributed by atoms with Gasteiger partial charge in [-0.15, -0.1) is 11.8 Å². The molecule has 0 saturated carbocycles. The number of thioether (sulfide) groups is 1. The summed E-state index contributed by atoms with van der Waals surface area (Å²) in [5.41, 5.74) is 0.992. The number of halogens is 1. The van der Waals surface area contributed by atoms with Gasteiger partial charge in [-0.2, -0.15) is 0 Å². The lowest BCUT2D eigenvalue weighted by Crippen LogP contribution is -1.72. The minimum atomic E-state index is 0.698. The van der Waals surface area contributed by atoms with E-state index in [0.29, 0.717) is 5.02 Å². The summed E-state index contributed by atoms with van der Waals surface area (Å²) in [6, 6.07) is 2.03. The summed E-state index contributed by atoms with van der Waals surface area (Å²) >= 11 is 7.60. The number of aromatic amines is 1. The molecule has 0 amide bonds. The number of nitrogens with one attached hydrogen (secondary N) is 1. The van der Waals surface area contributed by atoms with Crippen molar-refractivity contribution in [3.05, 3.63) is 23.5 Å². The van der Waals surface area contributed by atoms with Crippen LogP contribution in [0.5, 0.6) is 0 Å². The summed E-state index contributed by atoms with van der Waals surface area (Å²) in [6.45, 7) is 0. The minimum Gasteiger partial charge on any atom is -0.348 e. The normalized spacial score (nSPS) is 10.8. The lowest BCUT2D eigenvalue weighted by molar-refractivity contribution is 1.23. The van der Waals surface area contributed by atoms with Gasteiger partial charge in [0, 0.05) is 11.6 Å². The second-order valence-corrected chi connectivity index (χ2v) is 3.68. The Morgan fingerprint density at radius 2 is 2.33 bits per heavy atom. The van der Waals surface area contributed by atoms with Crippen molar-refractivity contribution in [2.24, 2.45) is 0 Å². The summed E-state index contributed by atoms with van der Waals surface area (Å²) in [6.07, 6.45) is 5.45. The molecule has 2 rings (SSSR count).